The first-order chi connectivity index (χ1) is 12.8. The Labute approximate surface area is 164 Å². The molecule has 0 aliphatic heterocycles. The third-order valence-corrected chi connectivity index (χ3v) is 9.47. The summed E-state index contributed by atoms with van der Waals surface area (Å²) in [5.41, 5.74) is 2.39. The topological polar surface area (TPSA) is 54.4 Å². The molecule has 0 aromatic rings. The maximum atomic E-state index is 12.0. The average Bonchev–Trinajstić information content (AvgIpc) is 2.97. The van der Waals surface area contributed by atoms with Crippen LogP contribution in [0.2, 0.25) is 0 Å². The predicted molar refractivity (Wildman–Crippen MR) is 106 cm³/mol. The molecule has 3 heteroatoms. The highest BCUT2D eigenvalue weighted by atomic mass is 16.4. The summed E-state index contributed by atoms with van der Waals surface area (Å²) in [6.45, 7) is 7.27. The van der Waals surface area contributed by atoms with Crippen LogP contribution in [-0.2, 0) is 9.59 Å². The van der Waals surface area contributed by atoms with E-state index in [0.29, 0.717) is 52.6 Å². The van der Waals surface area contributed by atoms with Gasteiger partial charge in [-0.3, -0.25) is 9.59 Å². The van der Waals surface area contributed by atoms with Gasteiger partial charge in [0.1, 0.15) is 5.78 Å². The van der Waals surface area contributed by atoms with Crippen molar-refractivity contribution < 1.29 is 14.7 Å². The Morgan fingerprint density at radius 2 is 1.93 bits per heavy atom. The molecule has 3 nitrogen and oxygen atoms in total. The lowest BCUT2D eigenvalue weighted by molar-refractivity contribution is -0.137. The molecule has 0 saturated heterocycles. The summed E-state index contributed by atoms with van der Waals surface area (Å²) in [6.07, 6.45) is 12.5. The van der Waals surface area contributed by atoms with Gasteiger partial charge in [0, 0.05) is 19.3 Å². The molecule has 3 saturated carbocycles. The number of hydrogen-bond donors (Lipinski definition) is 1. The molecule has 4 aliphatic rings. The van der Waals surface area contributed by atoms with E-state index in [4.69, 9.17) is 5.11 Å². The Balaban J connectivity index is 1.56. The van der Waals surface area contributed by atoms with E-state index in [1.54, 1.807) is 5.57 Å². The molecule has 4 rings (SSSR count). The van der Waals surface area contributed by atoms with Crippen LogP contribution in [0, 0.1) is 40.4 Å². The number of carbonyl (C=O) groups is 2. The van der Waals surface area contributed by atoms with Crippen LogP contribution in [0.5, 0.6) is 0 Å². The van der Waals surface area contributed by atoms with Gasteiger partial charge in [0.05, 0.1) is 0 Å². The molecule has 4 aliphatic carbocycles. The third kappa shape index (κ3) is 3.00. The minimum absolute atomic E-state index is 0.303. The highest BCUT2D eigenvalue weighted by Gasteiger charge is 2.58. The Kier molecular flexibility index (Phi) is 4.79. The molecule has 0 unspecified atom stereocenters. The number of allylic oxidation sites excluding steroid dienone is 2. The minimum atomic E-state index is -0.661. The highest BCUT2D eigenvalue weighted by molar-refractivity contribution is 5.79. The van der Waals surface area contributed by atoms with Gasteiger partial charge in [0.2, 0.25) is 0 Å². The molecule has 0 spiro atoms. The molecular formula is C24H36O3. The summed E-state index contributed by atoms with van der Waals surface area (Å²) in [5, 5.41) is 9.08. The van der Waals surface area contributed by atoms with E-state index in [9.17, 15) is 9.59 Å². The maximum Gasteiger partial charge on any atom is 0.303 e. The molecule has 150 valence electrons. The van der Waals surface area contributed by atoms with Crippen molar-refractivity contribution in [2.45, 2.75) is 85.0 Å². The van der Waals surface area contributed by atoms with Crippen molar-refractivity contribution in [2.24, 2.45) is 40.4 Å². The number of carbonyl (C=O) groups excluding carboxylic acids is 1. The Morgan fingerprint density at radius 3 is 2.67 bits per heavy atom. The van der Waals surface area contributed by atoms with E-state index >= 15 is 0 Å². The van der Waals surface area contributed by atoms with Crippen molar-refractivity contribution in [3.63, 3.8) is 0 Å². The van der Waals surface area contributed by atoms with Gasteiger partial charge < -0.3 is 5.11 Å². The summed E-state index contributed by atoms with van der Waals surface area (Å²) >= 11 is 0. The molecule has 3 fully saturated rings. The van der Waals surface area contributed by atoms with Gasteiger partial charge >= 0.3 is 5.97 Å². The van der Waals surface area contributed by atoms with Crippen LogP contribution in [0.15, 0.2) is 11.6 Å². The van der Waals surface area contributed by atoms with Crippen LogP contribution >= 0.6 is 0 Å². The second-order valence-corrected chi connectivity index (χ2v) is 10.6. The fourth-order valence-electron chi connectivity index (χ4n) is 7.83. The third-order valence-electron chi connectivity index (χ3n) is 9.47. The Morgan fingerprint density at radius 1 is 1.19 bits per heavy atom. The highest BCUT2D eigenvalue weighted by Crippen LogP contribution is 2.66. The number of carboxylic acid groups (broad SMARTS) is 1. The van der Waals surface area contributed by atoms with Gasteiger partial charge in [0.15, 0.2) is 0 Å². The van der Waals surface area contributed by atoms with Gasteiger partial charge in [-0.15, -0.1) is 0 Å². The molecule has 0 aromatic carbocycles. The summed E-state index contributed by atoms with van der Waals surface area (Å²) in [5.74, 6) is 2.88. The van der Waals surface area contributed by atoms with Crippen LogP contribution < -0.4 is 0 Å². The summed E-state index contributed by atoms with van der Waals surface area (Å²) in [7, 11) is 0. The van der Waals surface area contributed by atoms with Crippen molar-refractivity contribution in [1.29, 1.82) is 0 Å². The van der Waals surface area contributed by atoms with Crippen LogP contribution in [0.4, 0.5) is 0 Å². The van der Waals surface area contributed by atoms with E-state index in [1.807, 2.05) is 0 Å². The SMILES string of the molecule is C[C@H](CCC(=O)O)[C@H]1CC[C@H]2C3=CC[C@@H]4CC(=O)CC[C@]4(C)[C@H]3CC[C@]12C. The Bertz CT molecular complexity index is 665. The molecular weight excluding hydrogens is 336 g/mol. The van der Waals surface area contributed by atoms with Crippen molar-refractivity contribution in [2.75, 3.05) is 0 Å². The molecule has 1 N–H and O–H groups in total. The summed E-state index contributed by atoms with van der Waals surface area (Å²) in [6, 6.07) is 0. The van der Waals surface area contributed by atoms with Crippen molar-refractivity contribution in [3.8, 4) is 0 Å². The second-order valence-electron chi connectivity index (χ2n) is 10.6. The number of carboxylic acids is 1. The van der Waals surface area contributed by atoms with E-state index in [1.165, 1.54) is 25.7 Å². The Hall–Kier alpha value is -1.12. The van der Waals surface area contributed by atoms with Gasteiger partial charge in [-0.25, -0.2) is 0 Å². The monoisotopic (exact) mass is 372 g/mol. The zero-order valence-electron chi connectivity index (χ0n) is 17.3. The van der Waals surface area contributed by atoms with E-state index < -0.39 is 5.97 Å². The van der Waals surface area contributed by atoms with Crippen molar-refractivity contribution in [3.05, 3.63) is 11.6 Å². The number of Topliss-reactive ketones (excluding diaryl/α,β-unsaturated/α-hetero) is 1. The summed E-state index contributed by atoms with van der Waals surface area (Å²) in [4.78, 5) is 23.0. The smallest absolute Gasteiger partial charge is 0.303 e. The lowest BCUT2D eigenvalue weighted by Crippen LogP contribution is -2.49. The first-order valence-corrected chi connectivity index (χ1v) is 11.2. The van der Waals surface area contributed by atoms with Crippen molar-refractivity contribution >= 4 is 11.8 Å². The first-order valence-electron chi connectivity index (χ1n) is 11.2. The summed E-state index contributed by atoms with van der Waals surface area (Å²) < 4.78 is 0. The number of fused-ring (bicyclic) bond motifs is 5. The molecule has 0 aromatic heterocycles. The van der Waals surface area contributed by atoms with E-state index in [-0.39, 0.29) is 0 Å². The lowest BCUT2D eigenvalue weighted by Gasteiger charge is -2.57. The largest absolute Gasteiger partial charge is 0.481 e. The van der Waals surface area contributed by atoms with Gasteiger partial charge in [-0.1, -0.05) is 32.4 Å². The lowest BCUT2D eigenvalue weighted by atomic mass is 9.47. The minimum Gasteiger partial charge on any atom is -0.481 e. The van der Waals surface area contributed by atoms with Gasteiger partial charge in [0.25, 0.3) is 0 Å². The number of aliphatic carboxylic acids is 1. The quantitative estimate of drug-likeness (QED) is 0.650. The van der Waals surface area contributed by atoms with E-state index in [2.05, 4.69) is 26.8 Å². The first kappa shape index (κ1) is 19.2. The average molecular weight is 373 g/mol. The number of ketones is 1. The zero-order valence-corrected chi connectivity index (χ0v) is 17.3. The molecule has 0 radical (unpaired) electrons. The maximum absolute atomic E-state index is 12.0. The fourth-order valence-corrected chi connectivity index (χ4v) is 7.83. The number of rotatable bonds is 4. The molecule has 0 heterocycles. The van der Waals surface area contributed by atoms with Crippen LogP contribution in [0.1, 0.15) is 85.0 Å². The molecule has 27 heavy (non-hydrogen) atoms. The predicted octanol–water partition coefficient (Wildman–Crippen LogP) is 5.64. The number of hydrogen-bond acceptors (Lipinski definition) is 2. The normalized spacial score (nSPS) is 44.7. The van der Waals surface area contributed by atoms with Crippen LogP contribution in [0.3, 0.4) is 0 Å². The molecule has 0 bridgehead atoms. The van der Waals surface area contributed by atoms with E-state index in [0.717, 1.165) is 32.1 Å². The molecule has 0 amide bonds. The molecule has 7 atom stereocenters. The fraction of sp³-hybridized carbons (Fsp3) is 0.833. The second kappa shape index (κ2) is 6.74. The van der Waals surface area contributed by atoms with Gasteiger partial charge in [-0.2, -0.15) is 0 Å². The zero-order chi connectivity index (χ0) is 19.4. The van der Waals surface area contributed by atoms with Gasteiger partial charge in [-0.05, 0) is 85.4 Å². The van der Waals surface area contributed by atoms with Crippen molar-refractivity contribution in [1.82, 2.24) is 0 Å². The standard InChI is InChI=1S/C24H36O3/c1-15(4-9-22(26)27)19-7-8-20-18-6-5-16-14-17(25)10-12-23(16,2)21(18)11-13-24(19,20)3/h6,15-16,19-21H,4-5,7-14H2,1-3H3,(H,26,27)/t15-,16-,19-,20+,21+,23+,24-/m1/s1. The van der Waals surface area contributed by atoms with Crippen LogP contribution in [0.25, 0.3) is 0 Å². The van der Waals surface area contributed by atoms with Crippen LogP contribution in [-0.4, -0.2) is 16.9 Å².